The molecule has 3 aromatic rings. The second-order valence-electron chi connectivity index (χ2n) is 9.02. The lowest BCUT2D eigenvalue weighted by Crippen LogP contribution is -2.26. The Morgan fingerprint density at radius 2 is 1.78 bits per heavy atom. The minimum absolute atomic E-state index is 0. The van der Waals surface area contributed by atoms with Gasteiger partial charge in [-0.05, 0) is 57.9 Å². The van der Waals surface area contributed by atoms with Crippen molar-refractivity contribution in [3.05, 3.63) is 62.5 Å². The molecule has 7 nitrogen and oxygen atoms in total. The molecule has 0 fully saturated rings. The van der Waals surface area contributed by atoms with Crippen LogP contribution in [0, 0.1) is 20.8 Å². The van der Waals surface area contributed by atoms with Gasteiger partial charge in [-0.15, -0.1) is 33.9 Å². The number of hydrogen-bond donors (Lipinski definition) is 2. The third-order valence-electron chi connectivity index (χ3n) is 6.44. The Morgan fingerprint density at radius 3 is 2.50 bits per heavy atom. The number of halogens is 2. The van der Waals surface area contributed by atoms with E-state index in [0.29, 0.717) is 17.4 Å². The molecule has 3 heterocycles. The Balaban J connectivity index is 0.00000361. The van der Waals surface area contributed by atoms with Crippen LogP contribution in [0.5, 0.6) is 0 Å². The molecule has 0 bridgehead atoms. The number of carbonyl (C=O) groups is 1. The molecule has 0 saturated carbocycles. The number of fused-ring (bicyclic) bond motifs is 3. The van der Waals surface area contributed by atoms with Crippen molar-refractivity contribution >= 4 is 47.0 Å². The van der Waals surface area contributed by atoms with Gasteiger partial charge in [0.05, 0.1) is 12.1 Å². The summed E-state index contributed by atoms with van der Waals surface area (Å²) in [5.41, 5.74) is 9.63. The van der Waals surface area contributed by atoms with Crippen LogP contribution in [0.1, 0.15) is 77.8 Å². The van der Waals surface area contributed by atoms with Crippen molar-refractivity contribution < 1.29 is 4.79 Å². The zero-order valence-electron chi connectivity index (χ0n) is 21.0. The first-order valence-electron chi connectivity index (χ1n) is 12.2. The van der Waals surface area contributed by atoms with E-state index in [-0.39, 0.29) is 24.7 Å². The number of amides is 1. The predicted molar refractivity (Wildman–Crippen MR) is 150 cm³/mol. The number of nitrogens with one attached hydrogen (secondary N) is 1. The fourth-order valence-corrected chi connectivity index (χ4v) is 5.75. The fourth-order valence-electron chi connectivity index (χ4n) is 4.41. The number of unbranched alkanes of at least 4 members (excludes halogenated alkanes) is 4. The molecule has 1 aliphatic rings. The molecule has 1 amide bonds. The standard InChI is InChI=1S/C26H33ClN6OS.ClH/c1-16-17(2)35-26-23(16)24(19-9-11-20(27)12-10-19)30-21(25-32-31-18(3)33(25)26)15-22(34)29-14-8-6-4-5-7-13-28;/h9-12,21H,4-8,13-15,28H2,1-3H3,(H,29,34);1H/t21-;/m0./s1. The van der Waals surface area contributed by atoms with Gasteiger partial charge in [-0.1, -0.05) is 43.0 Å². The van der Waals surface area contributed by atoms with Crippen molar-refractivity contribution in [1.82, 2.24) is 20.1 Å². The maximum absolute atomic E-state index is 12.9. The molecule has 1 aliphatic heterocycles. The van der Waals surface area contributed by atoms with Gasteiger partial charge in [0.1, 0.15) is 16.9 Å². The first kappa shape index (κ1) is 28.3. The van der Waals surface area contributed by atoms with E-state index in [0.717, 1.165) is 66.3 Å². The van der Waals surface area contributed by atoms with Crippen molar-refractivity contribution in [2.75, 3.05) is 13.1 Å². The molecule has 36 heavy (non-hydrogen) atoms. The molecular formula is C26H34Cl2N6OS. The molecule has 1 aromatic carbocycles. The van der Waals surface area contributed by atoms with Gasteiger partial charge in [0.25, 0.3) is 0 Å². The highest BCUT2D eigenvalue weighted by atomic mass is 35.5. The first-order valence-corrected chi connectivity index (χ1v) is 13.4. The second-order valence-corrected chi connectivity index (χ2v) is 10.7. The lowest BCUT2D eigenvalue weighted by Gasteiger charge is -2.13. The van der Waals surface area contributed by atoms with Crippen LogP contribution in [-0.2, 0) is 4.79 Å². The van der Waals surface area contributed by atoms with Crippen molar-refractivity contribution in [1.29, 1.82) is 0 Å². The summed E-state index contributed by atoms with van der Waals surface area (Å²) >= 11 is 7.88. The van der Waals surface area contributed by atoms with Gasteiger partial charge in [0.15, 0.2) is 5.82 Å². The van der Waals surface area contributed by atoms with Gasteiger partial charge in [0.2, 0.25) is 5.91 Å². The summed E-state index contributed by atoms with van der Waals surface area (Å²) in [7, 11) is 0. The third kappa shape index (κ3) is 6.17. The van der Waals surface area contributed by atoms with Gasteiger partial charge < -0.3 is 11.1 Å². The van der Waals surface area contributed by atoms with Gasteiger partial charge in [-0.2, -0.15) is 0 Å². The second kappa shape index (κ2) is 12.8. The van der Waals surface area contributed by atoms with E-state index >= 15 is 0 Å². The molecule has 3 N–H and O–H groups in total. The average molecular weight is 550 g/mol. The number of carbonyl (C=O) groups excluding carboxylic acids is 1. The number of thiophene rings is 1. The summed E-state index contributed by atoms with van der Waals surface area (Å²) in [6.45, 7) is 7.59. The normalized spacial score (nSPS) is 14.4. The SMILES string of the molecule is Cc1sc2c(c1C)C(c1ccc(Cl)cc1)=N[C@@H](CC(=O)NCCCCCCCN)c1nnc(C)n1-2.Cl. The first-order chi connectivity index (χ1) is 16.9. The number of nitrogens with zero attached hydrogens (tertiary/aromatic N) is 4. The molecule has 0 spiro atoms. The smallest absolute Gasteiger partial charge is 0.222 e. The van der Waals surface area contributed by atoms with E-state index in [9.17, 15) is 4.79 Å². The van der Waals surface area contributed by atoms with Crippen LogP contribution in [0.15, 0.2) is 29.3 Å². The summed E-state index contributed by atoms with van der Waals surface area (Å²) in [4.78, 5) is 19.3. The monoisotopic (exact) mass is 548 g/mol. The number of aromatic nitrogens is 3. The van der Waals surface area contributed by atoms with E-state index in [1.54, 1.807) is 11.3 Å². The highest BCUT2D eigenvalue weighted by molar-refractivity contribution is 7.15. The molecule has 1 atom stereocenters. The Kier molecular flexibility index (Phi) is 10.1. The largest absolute Gasteiger partial charge is 0.356 e. The van der Waals surface area contributed by atoms with E-state index in [1.807, 2.05) is 31.2 Å². The lowest BCUT2D eigenvalue weighted by molar-refractivity contribution is -0.121. The molecule has 2 aromatic heterocycles. The van der Waals surface area contributed by atoms with Crippen molar-refractivity contribution in [2.45, 2.75) is 65.3 Å². The quantitative estimate of drug-likeness (QED) is 0.320. The summed E-state index contributed by atoms with van der Waals surface area (Å²) in [5.74, 6) is 1.46. The number of hydrogen-bond acceptors (Lipinski definition) is 6. The summed E-state index contributed by atoms with van der Waals surface area (Å²) in [5, 5.41) is 13.6. The van der Waals surface area contributed by atoms with Crippen molar-refractivity contribution in [3.8, 4) is 5.00 Å². The Morgan fingerprint density at radius 1 is 1.08 bits per heavy atom. The molecule has 0 aliphatic carbocycles. The van der Waals surface area contributed by atoms with Crippen LogP contribution >= 0.6 is 35.3 Å². The van der Waals surface area contributed by atoms with Crippen LogP contribution in [-0.4, -0.2) is 39.5 Å². The highest BCUT2D eigenvalue weighted by Gasteiger charge is 2.32. The van der Waals surface area contributed by atoms with Crippen molar-refractivity contribution in [3.63, 3.8) is 0 Å². The van der Waals surface area contributed by atoms with Crippen LogP contribution in [0.3, 0.4) is 0 Å². The van der Waals surface area contributed by atoms with Crippen LogP contribution in [0.25, 0.3) is 5.00 Å². The van der Waals surface area contributed by atoms with Gasteiger partial charge in [0, 0.05) is 27.6 Å². The zero-order chi connectivity index (χ0) is 24.9. The van der Waals surface area contributed by atoms with Crippen LogP contribution in [0.2, 0.25) is 5.02 Å². The number of nitrogens with two attached hydrogens (primary N) is 1. The Bertz CT molecular complexity index is 1220. The molecular weight excluding hydrogens is 515 g/mol. The van der Waals surface area contributed by atoms with E-state index in [2.05, 4.69) is 33.9 Å². The van der Waals surface area contributed by atoms with Crippen molar-refractivity contribution in [2.24, 2.45) is 10.7 Å². The summed E-state index contributed by atoms with van der Waals surface area (Å²) < 4.78 is 2.07. The third-order valence-corrected chi connectivity index (χ3v) is 7.88. The molecule has 10 heteroatoms. The maximum Gasteiger partial charge on any atom is 0.222 e. The van der Waals surface area contributed by atoms with E-state index < -0.39 is 6.04 Å². The molecule has 4 rings (SSSR count). The number of rotatable bonds is 10. The topological polar surface area (TPSA) is 98.2 Å². The summed E-state index contributed by atoms with van der Waals surface area (Å²) in [6.07, 6.45) is 5.63. The fraction of sp³-hybridized carbons (Fsp3) is 0.462. The zero-order valence-corrected chi connectivity index (χ0v) is 23.4. The number of aliphatic imine (C=N–C) groups is 1. The van der Waals surface area contributed by atoms with Gasteiger partial charge >= 0.3 is 0 Å². The minimum atomic E-state index is -0.439. The predicted octanol–water partition coefficient (Wildman–Crippen LogP) is 5.64. The highest BCUT2D eigenvalue weighted by Crippen LogP contribution is 2.39. The maximum atomic E-state index is 12.9. The average Bonchev–Trinajstić information content (AvgIpc) is 3.31. The molecule has 0 unspecified atom stereocenters. The van der Waals surface area contributed by atoms with E-state index in [1.165, 1.54) is 10.4 Å². The van der Waals surface area contributed by atoms with Crippen LogP contribution < -0.4 is 11.1 Å². The lowest BCUT2D eigenvalue weighted by atomic mass is 9.99. The molecule has 0 saturated heterocycles. The number of aryl methyl sites for hydroxylation is 2. The van der Waals surface area contributed by atoms with Gasteiger partial charge in [-0.25, -0.2) is 0 Å². The minimum Gasteiger partial charge on any atom is -0.356 e. The molecule has 194 valence electrons. The van der Waals surface area contributed by atoms with Gasteiger partial charge in [-0.3, -0.25) is 14.4 Å². The Labute approximate surface area is 228 Å². The Hall–Kier alpha value is -2.26. The van der Waals surface area contributed by atoms with Crippen LogP contribution in [0.4, 0.5) is 0 Å². The summed E-state index contributed by atoms with van der Waals surface area (Å²) in [6, 6.07) is 7.28. The van der Waals surface area contributed by atoms with E-state index in [4.69, 9.17) is 22.3 Å². The number of benzene rings is 1. The molecule has 0 radical (unpaired) electrons.